The normalized spacial score (nSPS) is 15.2. The summed E-state index contributed by atoms with van der Waals surface area (Å²) in [6, 6.07) is 10.4. The lowest BCUT2D eigenvalue weighted by atomic mass is 10.1. The zero-order valence-electron chi connectivity index (χ0n) is 14.4. The first-order valence-electron chi connectivity index (χ1n) is 8.27. The predicted octanol–water partition coefficient (Wildman–Crippen LogP) is 2.03. The molecule has 2 heterocycles. The molecule has 1 aliphatic heterocycles. The lowest BCUT2D eigenvalue weighted by molar-refractivity contribution is -0.130. The van der Waals surface area contributed by atoms with Crippen LogP contribution >= 0.6 is 11.6 Å². The highest BCUT2D eigenvalue weighted by Crippen LogP contribution is 2.23. The molecule has 1 aliphatic rings. The van der Waals surface area contributed by atoms with E-state index in [1.54, 1.807) is 35.4 Å². The molecule has 0 atom stereocenters. The molecule has 1 aromatic heterocycles. The van der Waals surface area contributed by atoms with Crippen molar-refractivity contribution >= 4 is 33.2 Å². The number of piperazine rings is 1. The highest BCUT2D eigenvalue weighted by molar-refractivity contribution is 7.90. The van der Waals surface area contributed by atoms with Crippen molar-refractivity contribution in [3.63, 3.8) is 0 Å². The van der Waals surface area contributed by atoms with Gasteiger partial charge >= 0.3 is 0 Å². The number of pyridine rings is 1. The molecule has 0 radical (unpaired) electrons. The van der Waals surface area contributed by atoms with Gasteiger partial charge in [-0.1, -0.05) is 23.7 Å². The first-order chi connectivity index (χ1) is 12.3. The van der Waals surface area contributed by atoms with Crippen molar-refractivity contribution < 1.29 is 13.2 Å². The van der Waals surface area contributed by atoms with E-state index in [0.717, 1.165) is 5.56 Å². The monoisotopic (exact) mass is 393 g/mol. The number of carbonyl (C=O) groups is 1. The maximum atomic E-state index is 12.5. The van der Waals surface area contributed by atoms with Crippen molar-refractivity contribution in [3.05, 3.63) is 53.2 Å². The van der Waals surface area contributed by atoms with E-state index in [9.17, 15) is 13.2 Å². The van der Waals surface area contributed by atoms with Gasteiger partial charge in [0, 0.05) is 43.7 Å². The van der Waals surface area contributed by atoms with Gasteiger partial charge in [-0.2, -0.15) is 0 Å². The van der Waals surface area contributed by atoms with E-state index in [4.69, 9.17) is 11.6 Å². The van der Waals surface area contributed by atoms with Crippen LogP contribution < -0.4 is 4.90 Å². The first kappa shape index (κ1) is 18.7. The Kier molecular flexibility index (Phi) is 5.48. The fourth-order valence-electron chi connectivity index (χ4n) is 2.97. The number of hydrogen-bond donors (Lipinski definition) is 0. The average molecular weight is 394 g/mol. The minimum atomic E-state index is -3.35. The van der Waals surface area contributed by atoms with Crippen LogP contribution in [-0.4, -0.2) is 56.6 Å². The van der Waals surface area contributed by atoms with Gasteiger partial charge in [0.2, 0.25) is 5.91 Å². The van der Waals surface area contributed by atoms with Crippen LogP contribution in [0, 0.1) is 0 Å². The third kappa shape index (κ3) is 4.34. The lowest BCUT2D eigenvalue weighted by Gasteiger charge is -2.36. The minimum absolute atomic E-state index is 0.0522. The molecular weight excluding hydrogens is 374 g/mol. The molecule has 6 nitrogen and oxygen atoms in total. The number of benzene rings is 1. The molecule has 2 aromatic rings. The molecule has 1 aromatic carbocycles. The summed E-state index contributed by atoms with van der Waals surface area (Å²) in [5.41, 5.74) is 0.922. The summed E-state index contributed by atoms with van der Waals surface area (Å²) >= 11 is 5.87. The quantitative estimate of drug-likeness (QED) is 0.794. The van der Waals surface area contributed by atoms with Gasteiger partial charge < -0.3 is 9.80 Å². The molecule has 0 saturated carbocycles. The topological polar surface area (TPSA) is 70.6 Å². The van der Waals surface area contributed by atoms with Crippen molar-refractivity contribution in [2.24, 2.45) is 0 Å². The van der Waals surface area contributed by atoms with Crippen LogP contribution in [-0.2, 0) is 21.1 Å². The molecule has 0 N–H and O–H groups in total. The van der Waals surface area contributed by atoms with E-state index < -0.39 is 9.84 Å². The van der Waals surface area contributed by atoms with Gasteiger partial charge in [0.1, 0.15) is 10.7 Å². The summed E-state index contributed by atoms with van der Waals surface area (Å²) in [5.74, 6) is 0.510. The summed E-state index contributed by atoms with van der Waals surface area (Å²) in [5, 5.41) is 0.645. The highest BCUT2D eigenvalue weighted by Gasteiger charge is 2.25. The summed E-state index contributed by atoms with van der Waals surface area (Å²) < 4.78 is 23.9. The van der Waals surface area contributed by atoms with E-state index >= 15 is 0 Å². The maximum absolute atomic E-state index is 12.5. The Bertz CT molecular complexity index is 892. The largest absolute Gasteiger partial charge is 0.352 e. The SMILES string of the molecule is CS(=O)(=O)c1cccnc1N1CCN(C(=O)Cc2ccc(Cl)cc2)CC1. The predicted molar refractivity (Wildman–Crippen MR) is 101 cm³/mol. The standard InChI is InChI=1S/C18H20ClN3O3S/c1-26(24,25)16-3-2-8-20-18(16)22-11-9-21(10-12-22)17(23)13-14-4-6-15(19)7-5-14/h2-8H,9-13H2,1H3. The van der Waals surface area contributed by atoms with Crippen LogP contribution in [0.2, 0.25) is 5.02 Å². The number of carbonyl (C=O) groups excluding carboxylic acids is 1. The fourth-order valence-corrected chi connectivity index (χ4v) is 3.93. The zero-order chi connectivity index (χ0) is 18.7. The van der Waals surface area contributed by atoms with Gasteiger partial charge in [0.15, 0.2) is 9.84 Å². The molecule has 0 aliphatic carbocycles. The number of amides is 1. The summed E-state index contributed by atoms with van der Waals surface area (Å²) in [4.78, 5) is 20.7. The second-order valence-electron chi connectivity index (χ2n) is 6.27. The number of hydrogen-bond acceptors (Lipinski definition) is 5. The van der Waals surface area contributed by atoms with E-state index in [2.05, 4.69) is 4.98 Å². The van der Waals surface area contributed by atoms with E-state index in [-0.39, 0.29) is 10.8 Å². The zero-order valence-corrected chi connectivity index (χ0v) is 16.0. The van der Waals surface area contributed by atoms with E-state index in [0.29, 0.717) is 43.4 Å². The highest BCUT2D eigenvalue weighted by atomic mass is 35.5. The Hall–Kier alpha value is -2.12. The molecule has 1 saturated heterocycles. The van der Waals surface area contributed by atoms with E-state index in [1.807, 2.05) is 17.0 Å². The minimum Gasteiger partial charge on any atom is -0.352 e. The maximum Gasteiger partial charge on any atom is 0.227 e. The number of halogens is 1. The van der Waals surface area contributed by atoms with Crippen molar-refractivity contribution in [2.45, 2.75) is 11.3 Å². The number of nitrogens with zero attached hydrogens (tertiary/aromatic N) is 3. The van der Waals surface area contributed by atoms with Crippen molar-refractivity contribution in [1.82, 2.24) is 9.88 Å². The Morgan fingerprint density at radius 3 is 2.38 bits per heavy atom. The van der Waals surface area contributed by atoms with Gasteiger partial charge in [0.05, 0.1) is 6.42 Å². The fraction of sp³-hybridized carbons (Fsp3) is 0.333. The lowest BCUT2D eigenvalue weighted by Crippen LogP contribution is -2.49. The second-order valence-corrected chi connectivity index (χ2v) is 8.69. The van der Waals surface area contributed by atoms with Gasteiger partial charge in [-0.25, -0.2) is 13.4 Å². The number of aromatic nitrogens is 1. The second kappa shape index (κ2) is 7.63. The molecule has 3 rings (SSSR count). The average Bonchev–Trinajstić information content (AvgIpc) is 2.63. The van der Waals surface area contributed by atoms with Crippen LogP contribution in [0.3, 0.4) is 0 Å². The number of anilines is 1. The third-order valence-corrected chi connectivity index (χ3v) is 5.72. The van der Waals surface area contributed by atoms with Crippen molar-refractivity contribution in [2.75, 3.05) is 37.3 Å². The van der Waals surface area contributed by atoms with Crippen molar-refractivity contribution in [3.8, 4) is 0 Å². The van der Waals surface area contributed by atoms with Crippen LogP contribution in [0.4, 0.5) is 5.82 Å². The number of rotatable bonds is 4. The van der Waals surface area contributed by atoms with E-state index in [1.165, 1.54) is 6.26 Å². The molecule has 1 fully saturated rings. The molecular formula is C18H20ClN3O3S. The summed E-state index contributed by atoms with van der Waals surface area (Å²) in [7, 11) is -3.35. The molecule has 138 valence electrons. The summed E-state index contributed by atoms with van der Waals surface area (Å²) in [6.45, 7) is 2.16. The molecule has 26 heavy (non-hydrogen) atoms. The molecule has 0 unspecified atom stereocenters. The van der Waals surface area contributed by atoms with Gasteiger partial charge in [-0.05, 0) is 29.8 Å². The molecule has 0 spiro atoms. The van der Waals surface area contributed by atoms with Crippen LogP contribution in [0.15, 0.2) is 47.5 Å². The molecule has 1 amide bonds. The molecule has 0 bridgehead atoms. The third-order valence-electron chi connectivity index (χ3n) is 4.35. The Morgan fingerprint density at radius 2 is 1.77 bits per heavy atom. The smallest absolute Gasteiger partial charge is 0.227 e. The van der Waals surface area contributed by atoms with Gasteiger partial charge in [0.25, 0.3) is 0 Å². The number of sulfone groups is 1. The Balaban J connectivity index is 1.64. The van der Waals surface area contributed by atoms with Gasteiger partial charge in [-0.15, -0.1) is 0 Å². The molecule has 8 heteroatoms. The van der Waals surface area contributed by atoms with Crippen molar-refractivity contribution in [1.29, 1.82) is 0 Å². The van der Waals surface area contributed by atoms with Crippen LogP contribution in [0.25, 0.3) is 0 Å². The van der Waals surface area contributed by atoms with Gasteiger partial charge in [-0.3, -0.25) is 4.79 Å². The van der Waals surface area contributed by atoms with Crippen LogP contribution in [0.1, 0.15) is 5.56 Å². The Labute approximate surface area is 158 Å². The first-order valence-corrected chi connectivity index (χ1v) is 10.5. The Morgan fingerprint density at radius 1 is 1.12 bits per heavy atom. The van der Waals surface area contributed by atoms with Crippen LogP contribution in [0.5, 0.6) is 0 Å². The summed E-state index contributed by atoms with van der Waals surface area (Å²) in [6.07, 6.45) is 3.09.